The number of aryl methyl sites for hydroxylation is 1. The summed E-state index contributed by atoms with van der Waals surface area (Å²) in [5.41, 5.74) is 1.22. The number of anilines is 1. The van der Waals surface area contributed by atoms with Crippen LogP contribution in [0.5, 0.6) is 5.75 Å². The Morgan fingerprint density at radius 3 is 2.67 bits per heavy atom. The van der Waals surface area contributed by atoms with Crippen molar-refractivity contribution < 1.29 is 18.8 Å². The molecule has 0 bridgehead atoms. The van der Waals surface area contributed by atoms with Crippen molar-refractivity contribution >= 4 is 11.8 Å². The molecular formula is C15H14N2O4. The van der Waals surface area contributed by atoms with E-state index in [0.29, 0.717) is 17.3 Å². The minimum absolute atomic E-state index is 0.351. The molecule has 0 saturated heterocycles. The Balaban J connectivity index is 1.77. The van der Waals surface area contributed by atoms with E-state index in [2.05, 4.69) is 10.5 Å². The Bertz CT molecular complexity index is 688. The van der Waals surface area contributed by atoms with E-state index in [-0.39, 0.29) is 0 Å². The van der Waals surface area contributed by atoms with Crippen LogP contribution in [0, 0.1) is 6.92 Å². The number of esters is 1. The fourth-order valence-electron chi connectivity index (χ4n) is 2.05. The number of cyclic esters (lactones) is 1. The standard InChI is InChI=1S/C15H14N2O4/c1-9-7-14(17-21-9)16-12-8-13(20-15(12)18)10-3-5-11(19-2)6-4-10/h3-8,13H,1-2H3,(H,16,17). The minimum Gasteiger partial charge on any atom is -0.497 e. The Morgan fingerprint density at radius 1 is 1.29 bits per heavy atom. The second-order valence-electron chi connectivity index (χ2n) is 4.63. The van der Waals surface area contributed by atoms with Crippen LogP contribution in [-0.2, 0) is 9.53 Å². The van der Waals surface area contributed by atoms with Gasteiger partial charge in [-0.3, -0.25) is 0 Å². The average molecular weight is 286 g/mol. The number of carbonyl (C=O) groups is 1. The zero-order valence-corrected chi connectivity index (χ0v) is 11.6. The van der Waals surface area contributed by atoms with Gasteiger partial charge >= 0.3 is 5.97 Å². The monoisotopic (exact) mass is 286 g/mol. The predicted molar refractivity (Wildman–Crippen MR) is 74.8 cm³/mol. The largest absolute Gasteiger partial charge is 0.497 e. The van der Waals surface area contributed by atoms with Gasteiger partial charge < -0.3 is 19.3 Å². The predicted octanol–water partition coefficient (Wildman–Crippen LogP) is 2.59. The first-order valence-corrected chi connectivity index (χ1v) is 6.43. The van der Waals surface area contributed by atoms with E-state index < -0.39 is 12.1 Å². The topological polar surface area (TPSA) is 73.6 Å². The second-order valence-corrected chi connectivity index (χ2v) is 4.63. The number of rotatable bonds is 4. The summed E-state index contributed by atoms with van der Waals surface area (Å²) in [5, 5.41) is 6.67. The first-order chi connectivity index (χ1) is 10.2. The van der Waals surface area contributed by atoms with Gasteiger partial charge in [-0.05, 0) is 30.7 Å². The minimum atomic E-state index is -0.420. The van der Waals surface area contributed by atoms with Crippen LogP contribution in [0.15, 0.2) is 46.6 Å². The zero-order chi connectivity index (χ0) is 14.8. The van der Waals surface area contributed by atoms with Crippen LogP contribution in [0.2, 0.25) is 0 Å². The molecule has 1 aliphatic heterocycles. The van der Waals surface area contributed by atoms with Gasteiger partial charge in [0.15, 0.2) is 5.82 Å². The Kier molecular flexibility index (Phi) is 3.35. The van der Waals surface area contributed by atoms with Crippen molar-refractivity contribution in [3.8, 4) is 5.75 Å². The third-order valence-corrected chi connectivity index (χ3v) is 3.11. The second kappa shape index (κ2) is 5.32. The fourth-order valence-corrected chi connectivity index (χ4v) is 2.05. The van der Waals surface area contributed by atoms with E-state index in [4.69, 9.17) is 14.0 Å². The molecule has 108 valence electrons. The number of aromatic nitrogens is 1. The van der Waals surface area contributed by atoms with Crippen molar-refractivity contribution in [2.75, 3.05) is 12.4 Å². The molecule has 1 atom stereocenters. The maximum absolute atomic E-state index is 11.9. The number of carbonyl (C=O) groups excluding carboxylic acids is 1. The van der Waals surface area contributed by atoms with Crippen LogP contribution in [0.4, 0.5) is 5.82 Å². The molecule has 1 N–H and O–H groups in total. The molecule has 2 aromatic rings. The summed E-state index contributed by atoms with van der Waals surface area (Å²) in [6.45, 7) is 1.78. The lowest BCUT2D eigenvalue weighted by molar-refractivity contribution is -0.139. The molecule has 1 aliphatic rings. The molecule has 6 heteroatoms. The normalized spacial score (nSPS) is 17.3. The van der Waals surface area contributed by atoms with E-state index in [9.17, 15) is 4.79 Å². The molecule has 1 aromatic heterocycles. The first kappa shape index (κ1) is 13.2. The lowest BCUT2D eigenvalue weighted by Gasteiger charge is -2.08. The summed E-state index contributed by atoms with van der Waals surface area (Å²) in [6, 6.07) is 9.06. The van der Waals surface area contributed by atoms with Gasteiger partial charge in [-0.15, -0.1) is 0 Å². The number of methoxy groups -OCH3 is 1. The molecule has 1 unspecified atom stereocenters. The first-order valence-electron chi connectivity index (χ1n) is 6.43. The summed E-state index contributed by atoms with van der Waals surface area (Å²) in [4.78, 5) is 11.9. The number of hydrogen-bond acceptors (Lipinski definition) is 6. The number of benzene rings is 1. The summed E-state index contributed by atoms with van der Waals surface area (Å²) >= 11 is 0. The van der Waals surface area contributed by atoms with Crippen LogP contribution in [-0.4, -0.2) is 18.2 Å². The molecule has 1 aromatic carbocycles. The molecule has 0 aliphatic carbocycles. The highest BCUT2D eigenvalue weighted by Crippen LogP contribution is 2.29. The molecule has 21 heavy (non-hydrogen) atoms. The van der Waals surface area contributed by atoms with E-state index in [0.717, 1.165) is 11.3 Å². The van der Waals surface area contributed by atoms with Crippen LogP contribution in [0.3, 0.4) is 0 Å². The Labute approximate surface area is 121 Å². The zero-order valence-electron chi connectivity index (χ0n) is 11.6. The molecule has 6 nitrogen and oxygen atoms in total. The number of ether oxygens (including phenoxy) is 2. The smallest absolute Gasteiger partial charge is 0.355 e. The third kappa shape index (κ3) is 2.74. The van der Waals surface area contributed by atoms with Gasteiger partial charge in [0, 0.05) is 6.07 Å². The van der Waals surface area contributed by atoms with Crippen LogP contribution < -0.4 is 10.1 Å². The summed E-state index contributed by atoms with van der Waals surface area (Å²) in [5.74, 6) is 1.47. The Morgan fingerprint density at radius 2 is 2.05 bits per heavy atom. The SMILES string of the molecule is COc1ccc(C2C=C(Nc3cc(C)on3)C(=O)O2)cc1. The van der Waals surface area contributed by atoms with Gasteiger partial charge in [-0.25, -0.2) is 4.79 Å². The average Bonchev–Trinajstić information content (AvgIpc) is 3.06. The van der Waals surface area contributed by atoms with Crippen molar-refractivity contribution in [2.45, 2.75) is 13.0 Å². The molecule has 3 rings (SSSR count). The van der Waals surface area contributed by atoms with E-state index in [1.165, 1.54) is 0 Å². The van der Waals surface area contributed by atoms with Gasteiger partial charge in [-0.1, -0.05) is 17.3 Å². The molecule has 0 fully saturated rings. The number of nitrogens with zero attached hydrogens (tertiary/aromatic N) is 1. The van der Waals surface area contributed by atoms with Gasteiger partial charge in [0.05, 0.1) is 7.11 Å². The van der Waals surface area contributed by atoms with Crippen LogP contribution in [0.25, 0.3) is 0 Å². The van der Waals surface area contributed by atoms with Crippen molar-refractivity contribution in [3.05, 3.63) is 53.4 Å². The summed E-state index contributed by atoms with van der Waals surface area (Å²) < 4.78 is 15.4. The highest BCUT2D eigenvalue weighted by molar-refractivity contribution is 5.94. The van der Waals surface area contributed by atoms with Gasteiger partial charge in [0.1, 0.15) is 23.3 Å². The molecular weight excluding hydrogens is 272 g/mol. The highest BCUT2D eigenvalue weighted by atomic mass is 16.5. The maximum Gasteiger partial charge on any atom is 0.355 e. The lowest BCUT2D eigenvalue weighted by atomic mass is 10.1. The third-order valence-electron chi connectivity index (χ3n) is 3.11. The van der Waals surface area contributed by atoms with Crippen molar-refractivity contribution in [2.24, 2.45) is 0 Å². The quantitative estimate of drug-likeness (QED) is 0.871. The Hall–Kier alpha value is -2.76. The van der Waals surface area contributed by atoms with E-state index >= 15 is 0 Å². The molecule has 0 amide bonds. The van der Waals surface area contributed by atoms with Gasteiger partial charge in [0.2, 0.25) is 0 Å². The fraction of sp³-hybridized carbons (Fsp3) is 0.200. The van der Waals surface area contributed by atoms with Crippen LogP contribution >= 0.6 is 0 Å². The summed E-state index contributed by atoms with van der Waals surface area (Å²) in [6.07, 6.45) is 1.30. The molecule has 0 spiro atoms. The summed E-state index contributed by atoms with van der Waals surface area (Å²) in [7, 11) is 1.60. The number of hydrogen-bond donors (Lipinski definition) is 1. The lowest BCUT2D eigenvalue weighted by Crippen LogP contribution is -2.08. The van der Waals surface area contributed by atoms with E-state index in [1.807, 2.05) is 24.3 Å². The van der Waals surface area contributed by atoms with Crippen molar-refractivity contribution in [1.29, 1.82) is 0 Å². The van der Waals surface area contributed by atoms with Gasteiger partial charge in [0.25, 0.3) is 0 Å². The molecule has 0 radical (unpaired) electrons. The number of nitrogens with one attached hydrogen (secondary N) is 1. The van der Waals surface area contributed by atoms with Crippen molar-refractivity contribution in [3.63, 3.8) is 0 Å². The van der Waals surface area contributed by atoms with Gasteiger partial charge in [-0.2, -0.15) is 0 Å². The maximum atomic E-state index is 11.9. The van der Waals surface area contributed by atoms with Crippen LogP contribution in [0.1, 0.15) is 17.4 Å². The van der Waals surface area contributed by atoms with Crippen molar-refractivity contribution in [1.82, 2.24) is 5.16 Å². The molecule has 0 saturated carbocycles. The molecule has 2 heterocycles. The highest BCUT2D eigenvalue weighted by Gasteiger charge is 2.27. The van der Waals surface area contributed by atoms with E-state index in [1.54, 1.807) is 26.2 Å².